The third kappa shape index (κ3) is 4.41. The molecular formula is C14H24ClN5O. The van der Waals surface area contributed by atoms with E-state index in [0.29, 0.717) is 17.8 Å². The van der Waals surface area contributed by atoms with Gasteiger partial charge in [-0.3, -0.25) is 0 Å². The molecule has 1 fully saturated rings. The summed E-state index contributed by atoms with van der Waals surface area (Å²) in [5.74, 6) is 1.47. The van der Waals surface area contributed by atoms with Crippen molar-refractivity contribution in [1.29, 1.82) is 0 Å². The Bertz CT molecular complexity index is 473. The highest BCUT2D eigenvalue weighted by molar-refractivity contribution is 6.28. The summed E-state index contributed by atoms with van der Waals surface area (Å²) >= 11 is 5.96. The van der Waals surface area contributed by atoms with Gasteiger partial charge < -0.3 is 15.7 Å². The van der Waals surface area contributed by atoms with E-state index in [1.54, 1.807) is 0 Å². The van der Waals surface area contributed by atoms with E-state index >= 15 is 0 Å². The first-order valence-corrected chi connectivity index (χ1v) is 7.99. The zero-order valence-corrected chi connectivity index (χ0v) is 13.4. The lowest BCUT2D eigenvalue weighted by atomic mass is 9.77. The van der Waals surface area contributed by atoms with Crippen LogP contribution in [-0.2, 0) is 0 Å². The minimum Gasteiger partial charge on any atom is -0.394 e. The monoisotopic (exact) mass is 313 g/mol. The van der Waals surface area contributed by atoms with Gasteiger partial charge in [-0.05, 0) is 36.8 Å². The number of nitrogens with one attached hydrogen (secondary N) is 2. The molecule has 1 aromatic heterocycles. The maximum absolute atomic E-state index is 9.82. The van der Waals surface area contributed by atoms with Gasteiger partial charge in [0.25, 0.3) is 0 Å². The number of hydrogen-bond acceptors (Lipinski definition) is 6. The molecule has 2 unspecified atom stereocenters. The predicted octanol–water partition coefficient (Wildman–Crippen LogP) is 2.70. The van der Waals surface area contributed by atoms with Crippen LogP contribution in [0.15, 0.2) is 0 Å². The first kappa shape index (κ1) is 16.2. The van der Waals surface area contributed by atoms with Gasteiger partial charge in [0.05, 0.1) is 12.1 Å². The molecule has 1 saturated carbocycles. The van der Waals surface area contributed by atoms with Crippen LogP contribution in [0.3, 0.4) is 0 Å². The fraction of sp³-hybridized carbons (Fsp3) is 0.786. The van der Waals surface area contributed by atoms with Crippen LogP contribution in [0.4, 0.5) is 11.9 Å². The Morgan fingerprint density at radius 2 is 2.10 bits per heavy atom. The van der Waals surface area contributed by atoms with Crippen molar-refractivity contribution in [3.8, 4) is 0 Å². The van der Waals surface area contributed by atoms with Crippen LogP contribution in [0.5, 0.6) is 0 Å². The summed E-state index contributed by atoms with van der Waals surface area (Å²) in [5.41, 5.74) is -0.357. The van der Waals surface area contributed by atoms with Crippen molar-refractivity contribution < 1.29 is 5.11 Å². The molecule has 2 rings (SSSR count). The molecule has 0 radical (unpaired) electrons. The van der Waals surface area contributed by atoms with Crippen molar-refractivity contribution in [3.05, 3.63) is 5.28 Å². The molecule has 0 bridgehead atoms. The second kappa shape index (κ2) is 7.22. The van der Waals surface area contributed by atoms with Crippen LogP contribution in [0.1, 0.15) is 46.0 Å². The van der Waals surface area contributed by atoms with Gasteiger partial charge in [-0.1, -0.05) is 26.7 Å². The summed E-state index contributed by atoms with van der Waals surface area (Å²) in [7, 11) is 0. The number of rotatable bonds is 6. The van der Waals surface area contributed by atoms with Gasteiger partial charge in [0, 0.05) is 6.54 Å². The molecule has 1 aliphatic rings. The highest BCUT2D eigenvalue weighted by Crippen LogP contribution is 2.34. The van der Waals surface area contributed by atoms with E-state index in [0.717, 1.165) is 32.2 Å². The third-order valence-electron chi connectivity index (χ3n) is 3.91. The molecule has 6 nitrogen and oxygen atoms in total. The number of aliphatic hydroxyl groups excluding tert-OH is 1. The summed E-state index contributed by atoms with van der Waals surface area (Å²) < 4.78 is 0. The van der Waals surface area contributed by atoms with Gasteiger partial charge in [0.15, 0.2) is 0 Å². The number of nitrogens with zero attached hydrogens (tertiary/aromatic N) is 3. The number of aliphatic hydroxyl groups is 1. The average Bonchev–Trinajstić information content (AvgIpc) is 2.44. The minimum absolute atomic E-state index is 0.0678. The van der Waals surface area contributed by atoms with Crippen molar-refractivity contribution in [3.63, 3.8) is 0 Å². The fourth-order valence-corrected chi connectivity index (χ4v) is 3.08. The van der Waals surface area contributed by atoms with Crippen molar-refractivity contribution in [1.82, 2.24) is 15.0 Å². The average molecular weight is 314 g/mol. The maximum atomic E-state index is 9.82. The Morgan fingerprint density at radius 3 is 2.76 bits per heavy atom. The molecule has 7 heteroatoms. The zero-order valence-electron chi connectivity index (χ0n) is 12.7. The molecule has 0 saturated heterocycles. The summed E-state index contributed by atoms with van der Waals surface area (Å²) in [6.45, 7) is 5.12. The van der Waals surface area contributed by atoms with Crippen molar-refractivity contribution in [2.45, 2.75) is 51.5 Å². The van der Waals surface area contributed by atoms with Gasteiger partial charge in [0.2, 0.25) is 17.2 Å². The van der Waals surface area contributed by atoms with E-state index in [9.17, 15) is 5.11 Å². The molecule has 1 aromatic rings. The molecule has 1 heterocycles. The Hall–Kier alpha value is -1.14. The largest absolute Gasteiger partial charge is 0.394 e. The van der Waals surface area contributed by atoms with Crippen LogP contribution < -0.4 is 10.6 Å². The van der Waals surface area contributed by atoms with E-state index in [2.05, 4.69) is 39.4 Å². The fourth-order valence-electron chi connectivity index (χ4n) is 2.92. The number of anilines is 2. The van der Waals surface area contributed by atoms with Gasteiger partial charge >= 0.3 is 0 Å². The van der Waals surface area contributed by atoms with E-state index in [-0.39, 0.29) is 17.4 Å². The quantitative estimate of drug-likeness (QED) is 0.749. The molecule has 118 valence electrons. The Balaban J connectivity index is 2.14. The Kier molecular flexibility index (Phi) is 5.58. The smallest absolute Gasteiger partial charge is 0.229 e. The van der Waals surface area contributed by atoms with Gasteiger partial charge in [-0.15, -0.1) is 0 Å². The molecule has 0 aromatic carbocycles. The summed E-state index contributed by atoms with van der Waals surface area (Å²) in [6.07, 6.45) is 5.09. The van der Waals surface area contributed by atoms with Crippen molar-refractivity contribution in [2.75, 3.05) is 23.8 Å². The Morgan fingerprint density at radius 1 is 1.33 bits per heavy atom. The van der Waals surface area contributed by atoms with Gasteiger partial charge in [-0.2, -0.15) is 15.0 Å². The van der Waals surface area contributed by atoms with Crippen LogP contribution >= 0.6 is 11.6 Å². The molecule has 21 heavy (non-hydrogen) atoms. The second-order valence-electron chi connectivity index (χ2n) is 5.94. The lowest BCUT2D eigenvalue weighted by Gasteiger charge is -2.39. The van der Waals surface area contributed by atoms with E-state index < -0.39 is 0 Å². The van der Waals surface area contributed by atoms with Crippen LogP contribution in [0.25, 0.3) is 0 Å². The standard InChI is InChI=1S/C14H24ClN5O/c1-3-7-16-12-17-11(15)18-13(19-12)20-14(9-21)6-4-5-10(2)8-14/h10,21H,3-9H2,1-2H3,(H2,16,17,18,19,20). The first-order valence-electron chi connectivity index (χ1n) is 7.61. The molecule has 1 aliphatic carbocycles. The molecule has 0 amide bonds. The molecule has 0 aliphatic heterocycles. The topological polar surface area (TPSA) is 83.0 Å². The summed E-state index contributed by atoms with van der Waals surface area (Å²) in [4.78, 5) is 12.5. The highest BCUT2D eigenvalue weighted by atomic mass is 35.5. The van der Waals surface area contributed by atoms with E-state index in [1.165, 1.54) is 6.42 Å². The highest BCUT2D eigenvalue weighted by Gasteiger charge is 2.35. The molecule has 0 spiro atoms. The predicted molar refractivity (Wildman–Crippen MR) is 84.7 cm³/mol. The van der Waals surface area contributed by atoms with E-state index in [4.69, 9.17) is 11.6 Å². The lowest BCUT2D eigenvalue weighted by molar-refractivity contribution is 0.149. The summed E-state index contributed by atoms with van der Waals surface area (Å²) in [6, 6.07) is 0. The molecule has 3 N–H and O–H groups in total. The van der Waals surface area contributed by atoms with Crippen molar-refractivity contribution >= 4 is 23.5 Å². The van der Waals surface area contributed by atoms with E-state index in [1.807, 2.05) is 0 Å². The van der Waals surface area contributed by atoms with Crippen LogP contribution in [0, 0.1) is 5.92 Å². The molecule has 2 atom stereocenters. The van der Waals surface area contributed by atoms with Crippen LogP contribution in [0.2, 0.25) is 5.28 Å². The first-order chi connectivity index (χ1) is 10.1. The lowest BCUT2D eigenvalue weighted by Crippen LogP contribution is -2.46. The number of halogens is 1. The number of aromatic nitrogens is 3. The zero-order chi connectivity index (χ0) is 15.3. The third-order valence-corrected chi connectivity index (χ3v) is 4.08. The maximum Gasteiger partial charge on any atom is 0.229 e. The minimum atomic E-state index is -0.357. The molecular weight excluding hydrogens is 290 g/mol. The van der Waals surface area contributed by atoms with Gasteiger partial charge in [0.1, 0.15) is 0 Å². The second-order valence-corrected chi connectivity index (χ2v) is 6.28. The summed E-state index contributed by atoms with van der Waals surface area (Å²) in [5, 5.41) is 16.4. The van der Waals surface area contributed by atoms with Gasteiger partial charge in [-0.25, -0.2) is 0 Å². The SMILES string of the molecule is CCCNc1nc(Cl)nc(NC2(CO)CCCC(C)C2)n1. The Labute approximate surface area is 130 Å². The van der Waals surface area contributed by atoms with Crippen molar-refractivity contribution in [2.24, 2.45) is 5.92 Å². The normalized spacial score (nSPS) is 25.6. The number of hydrogen-bond donors (Lipinski definition) is 3. The van der Waals surface area contributed by atoms with Crippen LogP contribution in [-0.4, -0.2) is 38.7 Å².